The van der Waals surface area contributed by atoms with Crippen LogP contribution in [0.2, 0.25) is 10.0 Å². The number of hydrogen-bond acceptors (Lipinski definition) is 6. The SMILES string of the molecule is Clc1ccc(Nc2nncc(NCC3CCCO3)n2)c(Cl)c1. The van der Waals surface area contributed by atoms with E-state index in [-0.39, 0.29) is 6.10 Å². The second kappa shape index (κ2) is 7.09. The van der Waals surface area contributed by atoms with E-state index in [9.17, 15) is 0 Å². The highest BCUT2D eigenvalue weighted by Crippen LogP contribution is 2.27. The monoisotopic (exact) mass is 339 g/mol. The first-order valence-electron chi connectivity index (χ1n) is 6.98. The molecule has 0 spiro atoms. The van der Waals surface area contributed by atoms with Crippen molar-refractivity contribution in [2.24, 2.45) is 0 Å². The highest BCUT2D eigenvalue weighted by molar-refractivity contribution is 6.36. The van der Waals surface area contributed by atoms with Crippen molar-refractivity contribution in [3.63, 3.8) is 0 Å². The Hall–Kier alpha value is -1.63. The summed E-state index contributed by atoms with van der Waals surface area (Å²) in [5, 5.41) is 15.2. The zero-order valence-electron chi connectivity index (χ0n) is 11.7. The van der Waals surface area contributed by atoms with Gasteiger partial charge in [-0.25, -0.2) is 0 Å². The van der Waals surface area contributed by atoms with Gasteiger partial charge in [0.2, 0.25) is 5.95 Å². The van der Waals surface area contributed by atoms with Gasteiger partial charge in [-0.05, 0) is 31.0 Å². The summed E-state index contributed by atoms with van der Waals surface area (Å²) in [7, 11) is 0. The molecule has 1 atom stereocenters. The first-order chi connectivity index (χ1) is 10.7. The van der Waals surface area contributed by atoms with Gasteiger partial charge in [-0.15, -0.1) is 5.10 Å². The number of halogens is 2. The smallest absolute Gasteiger partial charge is 0.249 e. The van der Waals surface area contributed by atoms with Crippen molar-refractivity contribution in [3.8, 4) is 0 Å². The van der Waals surface area contributed by atoms with E-state index in [0.717, 1.165) is 19.4 Å². The van der Waals surface area contributed by atoms with E-state index in [1.807, 2.05) is 0 Å². The molecule has 1 unspecified atom stereocenters. The molecule has 0 radical (unpaired) electrons. The zero-order valence-corrected chi connectivity index (χ0v) is 13.2. The number of ether oxygens (including phenoxy) is 1. The Bertz CT molecular complexity index is 649. The molecule has 2 aromatic rings. The predicted molar refractivity (Wildman–Crippen MR) is 87.0 cm³/mol. The van der Waals surface area contributed by atoms with Crippen molar-refractivity contribution in [1.29, 1.82) is 0 Å². The topological polar surface area (TPSA) is 72.0 Å². The van der Waals surface area contributed by atoms with Gasteiger partial charge in [-0.2, -0.15) is 10.1 Å². The Balaban J connectivity index is 1.65. The summed E-state index contributed by atoms with van der Waals surface area (Å²) in [4.78, 5) is 4.35. The van der Waals surface area contributed by atoms with Crippen molar-refractivity contribution < 1.29 is 4.74 Å². The number of rotatable bonds is 5. The van der Waals surface area contributed by atoms with E-state index in [1.54, 1.807) is 24.4 Å². The van der Waals surface area contributed by atoms with Gasteiger partial charge >= 0.3 is 0 Å². The Labute approximate surface area is 138 Å². The fourth-order valence-electron chi connectivity index (χ4n) is 2.18. The van der Waals surface area contributed by atoms with E-state index in [4.69, 9.17) is 27.9 Å². The maximum Gasteiger partial charge on any atom is 0.249 e. The molecule has 1 aromatic heterocycles. The third-order valence-electron chi connectivity index (χ3n) is 3.27. The first-order valence-corrected chi connectivity index (χ1v) is 7.73. The normalized spacial score (nSPS) is 17.5. The highest BCUT2D eigenvalue weighted by Gasteiger charge is 2.15. The molecule has 2 N–H and O–H groups in total. The van der Waals surface area contributed by atoms with Crippen molar-refractivity contribution >= 4 is 40.7 Å². The molecule has 116 valence electrons. The summed E-state index contributed by atoms with van der Waals surface area (Å²) in [5.41, 5.74) is 0.671. The van der Waals surface area contributed by atoms with Crippen LogP contribution in [-0.2, 0) is 4.74 Å². The summed E-state index contributed by atoms with van der Waals surface area (Å²) < 4.78 is 5.56. The van der Waals surface area contributed by atoms with Gasteiger partial charge in [0.1, 0.15) is 0 Å². The number of benzene rings is 1. The molecule has 0 amide bonds. The molecule has 2 heterocycles. The quantitative estimate of drug-likeness (QED) is 0.868. The molecular weight excluding hydrogens is 325 g/mol. The van der Waals surface area contributed by atoms with Crippen LogP contribution in [0, 0.1) is 0 Å². The molecule has 0 aliphatic carbocycles. The van der Waals surface area contributed by atoms with Gasteiger partial charge in [0.25, 0.3) is 0 Å². The van der Waals surface area contributed by atoms with Gasteiger partial charge in [0.15, 0.2) is 5.82 Å². The molecule has 3 rings (SSSR count). The third-order valence-corrected chi connectivity index (χ3v) is 3.82. The molecule has 6 nitrogen and oxygen atoms in total. The van der Waals surface area contributed by atoms with Crippen molar-refractivity contribution in [3.05, 3.63) is 34.4 Å². The van der Waals surface area contributed by atoms with Gasteiger partial charge in [-0.1, -0.05) is 23.2 Å². The standard InChI is InChI=1S/C14H15Cl2N5O/c15-9-3-4-12(11(16)6-9)19-14-20-13(8-18-21-14)17-7-10-2-1-5-22-10/h3-4,6,8,10H,1-2,5,7H2,(H2,17,19,20,21). The maximum atomic E-state index is 6.11. The Kier molecular flexibility index (Phi) is 4.92. The van der Waals surface area contributed by atoms with Crippen LogP contribution in [0.1, 0.15) is 12.8 Å². The minimum absolute atomic E-state index is 0.233. The highest BCUT2D eigenvalue weighted by atomic mass is 35.5. The van der Waals surface area contributed by atoms with Crippen molar-refractivity contribution in [2.75, 3.05) is 23.8 Å². The van der Waals surface area contributed by atoms with E-state index in [1.165, 1.54) is 0 Å². The second-order valence-corrected chi connectivity index (χ2v) is 5.77. The molecule has 0 saturated carbocycles. The van der Waals surface area contributed by atoms with E-state index >= 15 is 0 Å². The van der Waals surface area contributed by atoms with Crippen molar-refractivity contribution in [1.82, 2.24) is 15.2 Å². The van der Waals surface area contributed by atoms with Crippen LogP contribution in [0.3, 0.4) is 0 Å². The molecule has 8 heteroatoms. The lowest BCUT2D eigenvalue weighted by Gasteiger charge is -2.12. The van der Waals surface area contributed by atoms with Crippen LogP contribution in [0.4, 0.5) is 17.5 Å². The minimum Gasteiger partial charge on any atom is -0.376 e. The Morgan fingerprint density at radius 3 is 3.00 bits per heavy atom. The predicted octanol–water partition coefficient (Wildman–Crippen LogP) is 3.51. The average molecular weight is 340 g/mol. The van der Waals surface area contributed by atoms with Crippen LogP contribution in [0.25, 0.3) is 0 Å². The fourth-order valence-corrected chi connectivity index (χ4v) is 2.63. The van der Waals surface area contributed by atoms with E-state index in [2.05, 4.69) is 25.8 Å². The molecular formula is C14H15Cl2N5O. The van der Waals surface area contributed by atoms with Crippen LogP contribution >= 0.6 is 23.2 Å². The lowest BCUT2D eigenvalue weighted by molar-refractivity contribution is 0.120. The summed E-state index contributed by atoms with van der Waals surface area (Å²) >= 11 is 12.0. The van der Waals surface area contributed by atoms with Crippen LogP contribution in [0.5, 0.6) is 0 Å². The zero-order chi connectivity index (χ0) is 15.4. The summed E-state index contributed by atoms with van der Waals surface area (Å²) in [6.45, 7) is 1.54. The summed E-state index contributed by atoms with van der Waals surface area (Å²) in [6, 6.07) is 5.15. The van der Waals surface area contributed by atoms with E-state index < -0.39 is 0 Å². The van der Waals surface area contributed by atoms with Crippen LogP contribution in [0.15, 0.2) is 24.4 Å². The molecule has 0 bridgehead atoms. The van der Waals surface area contributed by atoms with Gasteiger partial charge in [-0.3, -0.25) is 0 Å². The van der Waals surface area contributed by atoms with Gasteiger partial charge < -0.3 is 15.4 Å². The number of hydrogen-bond donors (Lipinski definition) is 2. The Morgan fingerprint density at radius 1 is 1.32 bits per heavy atom. The average Bonchev–Trinajstić information content (AvgIpc) is 3.02. The minimum atomic E-state index is 0.233. The molecule has 1 fully saturated rings. The number of anilines is 3. The molecule has 1 aliphatic rings. The Morgan fingerprint density at radius 2 is 2.23 bits per heavy atom. The number of aromatic nitrogens is 3. The molecule has 1 saturated heterocycles. The molecule has 22 heavy (non-hydrogen) atoms. The maximum absolute atomic E-state index is 6.11. The van der Waals surface area contributed by atoms with E-state index in [0.29, 0.717) is 34.0 Å². The molecule has 1 aliphatic heterocycles. The second-order valence-electron chi connectivity index (χ2n) is 4.93. The molecule has 1 aromatic carbocycles. The van der Waals surface area contributed by atoms with Crippen molar-refractivity contribution in [2.45, 2.75) is 18.9 Å². The third kappa shape index (κ3) is 3.97. The lowest BCUT2D eigenvalue weighted by Crippen LogP contribution is -2.19. The summed E-state index contributed by atoms with van der Waals surface area (Å²) in [6.07, 6.45) is 3.98. The largest absolute Gasteiger partial charge is 0.376 e. The van der Waals surface area contributed by atoms with Crippen LogP contribution in [-0.4, -0.2) is 34.4 Å². The summed E-state index contributed by atoms with van der Waals surface area (Å²) in [5.74, 6) is 1.000. The first kappa shape index (κ1) is 15.3. The van der Waals surface area contributed by atoms with Gasteiger partial charge in [0.05, 0.1) is 23.0 Å². The number of nitrogens with one attached hydrogen (secondary N) is 2. The van der Waals surface area contributed by atoms with Crippen LogP contribution < -0.4 is 10.6 Å². The lowest BCUT2D eigenvalue weighted by atomic mass is 10.2. The number of nitrogens with zero attached hydrogens (tertiary/aromatic N) is 3. The van der Waals surface area contributed by atoms with Gasteiger partial charge in [0, 0.05) is 18.2 Å². The fraction of sp³-hybridized carbons (Fsp3) is 0.357.